The molecule has 5 heteroatoms. The van der Waals surface area contributed by atoms with Crippen LogP contribution >= 0.6 is 0 Å². The molecule has 2 aliphatic heterocycles. The van der Waals surface area contributed by atoms with E-state index in [0.717, 1.165) is 45.7 Å². The Balaban J connectivity index is 1.87. The van der Waals surface area contributed by atoms with Gasteiger partial charge in [-0.3, -0.25) is 9.69 Å². The number of carboxylic acid groups (broad SMARTS) is 1. The van der Waals surface area contributed by atoms with Crippen molar-refractivity contribution < 1.29 is 14.6 Å². The van der Waals surface area contributed by atoms with Crippen molar-refractivity contribution in [2.45, 2.75) is 18.9 Å². The molecule has 0 aromatic heterocycles. The number of carbonyl (C=O) groups is 1. The maximum absolute atomic E-state index is 11.1. The summed E-state index contributed by atoms with van der Waals surface area (Å²) in [5.41, 5.74) is 0. The topological polar surface area (TPSA) is 61.8 Å². The highest BCUT2D eigenvalue weighted by atomic mass is 16.5. The predicted molar refractivity (Wildman–Crippen MR) is 59.4 cm³/mol. The van der Waals surface area contributed by atoms with E-state index in [2.05, 4.69) is 10.2 Å². The van der Waals surface area contributed by atoms with Crippen LogP contribution in [0.3, 0.4) is 0 Å². The van der Waals surface area contributed by atoms with Gasteiger partial charge in [-0.05, 0) is 18.8 Å². The van der Waals surface area contributed by atoms with Gasteiger partial charge < -0.3 is 15.2 Å². The summed E-state index contributed by atoms with van der Waals surface area (Å²) in [5.74, 6) is -0.211. The standard InChI is InChI=1S/C11H20N2O3/c14-11(15)10-6-12-3-4-13(10)7-9-2-1-5-16-8-9/h9-10,12H,1-8H2,(H,14,15). The summed E-state index contributed by atoms with van der Waals surface area (Å²) in [7, 11) is 0. The first-order valence-corrected chi connectivity index (χ1v) is 6.02. The number of aliphatic carboxylic acids is 1. The molecule has 2 rings (SSSR count). The molecule has 0 amide bonds. The van der Waals surface area contributed by atoms with Crippen LogP contribution < -0.4 is 5.32 Å². The molecule has 2 unspecified atom stereocenters. The SMILES string of the molecule is O=C(O)C1CNCCN1CC1CCCOC1. The fourth-order valence-corrected chi connectivity index (χ4v) is 2.49. The van der Waals surface area contributed by atoms with E-state index in [1.165, 1.54) is 0 Å². The molecule has 5 nitrogen and oxygen atoms in total. The highest BCUT2D eigenvalue weighted by Crippen LogP contribution is 2.17. The van der Waals surface area contributed by atoms with E-state index in [4.69, 9.17) is 9.84 Å². The molecule has 2 N–H and O–H groups in total. The molecule has 0 aromatic carbocycles. The van der Waals surface area contributed by atoms with Gasteiger partial charge in [0.25, 0.3) is 0 Å². The first-order chi connectivity index (χ1) is 7.77. The van der Waals surface area contributed by atoms with Gasteiger partial charge in [-0.25, -0.2) is 0 Å². The highest BCUT2D eigenvalue weighted by molar-refractivity contribution is 5.73. The van der Waals surface area contributed by atoms with E-state index in [-0.39, 0.29) is 6.04 Å². The highest BCUT2D eigenvalue weighted by Gasteiger charge is 2.30. The summed E-state index contributed by atoms with van der Waals surface area (Å²) in [6, 6.07) is -0.365. The van der Waals surface area contributed by atoms with E-state index in [1.807, 2.05) is 0 Å². The van der Waals surface area contributed by atoms with Crippen LogP contribution in [-0.4, -0.2) is 61.4 Å². The Kier molecular flexibility index (Phi) is 4.15. The van der Waals surface area contributed by atoms with E-state index in [0.29, 0.717) is 12.5 Å². The molecule has 0 saturated carbocycles. The molecular formula is C11H20N2O3. The Labute approximate surface area is 95.8 Å². The number of hydrogen-bond acceptors (Lipinski definition) is 4. The van der Waals surface area contributed by atoms with Crippen molar-refractivity contribution in [2.75, 3.05) is 39.4 Å². The van der Waals surface area contributed by atoms with Crippen molar-refractivity contribution in [3.8, 4) is 0 Å². The summed E-state index contributed by atoms with van der Waals surface area (Å²) in [5, 5.41) is 12.3. The Morgan fingerprint density at radius 1 is 1.56 bits per heavy atom. The average molecular weight is 228 g/mol. The summed E-state index contributed by atoms with van der Waals surface area (Å²) < 4.78 is 5.43. The lowest BCUT2D eigenvalue weighted by Crippen LogP contribution is -2.56. The predicted octanol–water partition coefficient (Wildman–Crippen LogP) is -0.229. The van der Waals surface area contributed by atoms with Gasteiger partial charge in [0.2, 0.25) is 0 Å². The molecule has 0 bridgehead atoms. The normalized spacial score (nSPS) is 32.5. The third kappa shape index (κ3) is 2.93. The zero-order chi connectivity index (χ0) is 11.4. The summed E-state index contributed by atoms with van der Waals surface area (Å²) in [6.07, 6.45) is 2.27. The zero-order valence-corrected chi connectivity index (χ0v) is 9.52. The van der Waals surface area contributed by atoms with Crippen LogP contribution in [0.1, 0.15) is 12.8 Å². The maximum atomic E-state index is 11.1. The number of rotatable bonds is 3. The molecule has 0 aromatic rings. The van der Waals surface area contributed by atoms with Gasteiger partial charge in [-0.15, -0.1) is 0 Å². The van der Waals surface area contributed by atoms with E-state index < -0.39 is 5.97 Å². The van der Waals surface area contributed by atoms with Crippen LogP contribution in [-0.2, 0) is 9.53 Å². The molecule has 16 heavy (non-hydrogen) atoms. The third-order valence-electron chi connectivity index (χ3n) is 3.39. The van der Waals surface area contributed by atoms with Gasteiger partial charge in [-0.2, -0.15) is 0 Å². The molecular weight excluding hydrogens is 208 g/mol. The number of piperazine rings is 1. The second kappa shape index (κ2) is 5.61. The van der Waals surface area contributed by atoms with Crippen molar-refractivity contribution in [1.29, 1.82) is 0 Å². The molecule has 2 atom stereocenters. The smallest absolute Gasteiger partial charge is 0.322 e. The maximum Gasteiger partial charge on any atom is 0.322 e. The van der Waals surface area contributed by atoms with Crippen molar-refractivity contribution in [2.24, 2.45) is 5.92 Å². The van der Waals surface area contributed by atoms with Crippen molar-refractivity contribution in [3.05, 3.63) is 0 Å². The van der Waals surface area contributed by atoms with Crippen molar-refractivity contribution >= 4 is 5.97 Å². The van der Waals surface area contributed by atoms with Crippen LogP contribution in [0.15, 0.2) is 0 Å². The third-order valence-corrected chi connectivity index (χ3v) is 3.39. The van der Waals surface area contributed by atoms with Crippen LogP contribution in [0.4, 0.5) is 0 Å². The number of nitrogens with one attached hydrogen (secondary N) is 1. The van der Waals surface area contributed by atoms with Crippen LogP contribution in [0.5, 0.6) is 0 Å². The minimum Gasteiger partial charge on any atom is -0.480 e. The van der Waals surface area contributed by atoms with E-state index in [1.54, 1.807) is 0 Å². The zero-order valence-electron chi connectivity index (χ0n) is 9.52. The first-order valence-electron chi connectivity index (χ1n) is 6.02. The van der Waals surface area contributed by atoms with E-state index >= 15 is 0 Å². The lowest BCUT2D eigenvalue weighted by Gasteiger charge is -2.36. The number of nitrogens with zero attached hydrogens (tertiary/aromatic N) is 1. The van der Waals surface area contributed by atoms with Gasteiger partial charge in [0.15, 0.2) is 0 Å². The van der Waals surface area contributed by atoms with Crippen molar-refractivity contribution in [3.63, 3.8) is 0 Å². The average Bonchev–Trinajstić information content (AvgIpc) is 2.31. The fourth-order valence-electron chi connectivity index (χ4n) is 2.49. The molecule has 92 valence electrons. The van der Waals surface area contributed by atoms with Gasteiger partial charge >= 0.3 is 5.97 Å². The Hall–Kier alpha value is -0.650. The molecule has 2 fully saturated rings. The lowest BCUT2D eigenvalue weighted by molar-refractivity contribution is -0.144. The van der Waals surface area contributed by atoms with Gasteiger partial charge in [-0.1, -0.05) is 0 Å². The summed E-state index contributed by atoms with van der Waals surface area (Å²) in [4.78, 5) is 13.2. The number of hydrogen-bond donors (Lipinski definition) is 2. The monoisotopic (exact) mass is 228 g/mol. The molecule has 0 radical (unpaired) electrons. The van der Waals surface area contributed by atoms with Gasteiger partial charge in [0, 0.05) is 32.8 Å². The second-order valence-electron chi connectivity index (χ2n) is 4.64. The second-order valence-corrected chi connectivity index (χ2v) is 4.64. The molecule has 2 aliphatic rings. The van der Waals surface area contributed by atoms with Crippen molar-refractivity contribution in [1.82, 2.24) is 10.2 Å². The van der Waals surface area contributed by atoms with E-state index in [9.17, 15) is 4.79 Å². The Morgan fingerprint density at radius 2 is 2.44 bits per heavy atom. The Bertz CT molecular complexity index is 241. The summed E-state index contributed by atoms with van der Waals surface area (Å²) in [6.45, 7) is 4.78. The molecule has 0 aliphatic carbocycles. The fraction of sp³-hybridized carbons (Fsp3) is 0.909. The minimum atomic E-state index is -0.719. The number of ether oxygens (including phenoxy) is 1. The Morgan fingerprint density at radius 3 is 3.12 bits per heavy atom. The van der Waals surface area contributed by atoms with Crippen LogP contribution in [0.25, 0.3) is 0 Å². The molecule has 0 spiro atoms. The molecule has 2 saturated heterocycles. The summed E-state index contributed by atoms with van der Waals surface area (Å²) >= 11 is 0. The quantitative estimate of drug-likeness (QED) is 0.699. The van der Waals surface area contributed by atoms with Crippen LogP contribution in [0, 0.1) is 5.92 Å². The van der Waals surface area contributed by atoms with Gasteiger partial charge in [0.05, 0.1) is 6.61 Å². The van der Waals surface area contributed by atoms with Gasteiger partial charge in [0.1, 0.15) is 6.04 Å². The first kappa shape index (κ1) is 11.8. The minimum absolute atomic E-state index is 0.365. The molecule has 2 heterocycles. The largest absolute Gasteiger partial charge is 0.480 e. The van der Waals surface area contributed by atoms with Crippen LogP contribution in [0.2, 0.25) is 0 Å². The number of carboxylic acids is 1. The lowest BCUT2D eigenvalue weighted by atomic mass is 10.0.